The van der Waals surface area contributed by atoms with Gasteiger partial charge in [-0.05, 0) is 124 Å². The standard InChI is InChI=1S/C52H46BN3/c1-35-29-37(3)51(38(4)30-35)53(52-39(5)31-36(2)32-40(52)6)45-21-17-41(18-22-45)43-25-27-54-49(33-43)50-34-44(26-28-55-50)42-19-23-48(24-20-42)56(46-13-9-7-10-14-46)47-15-11-8-12-16-47/h7-34H,1-6H3. The summed E-state index contributed by atoms with van der Waals surface area (Å²) < 4.78 is 0. The predicted octanol–water partition coefficient (Wildman–Crippen LogP) is 11.3. The minimum Gasteiger partial charge on any atom is -0.311 e. The molecule has 0 aliphatic rings. The Morgan fingerprint density at radius 1 is 0.375 bits per heavy atom. The SMILES string of the molecule is Cc1cc(C)c(B(c2ccc(-c3ccnc(-c4cc(-c5ccc(N(c6ccccc6)c6ccccc6)cc5)ccn4)c3)cc2)c2c(C)cc(C)cc2C)c(C)c1. The number of para-hydroxylation sites is 2. The van der Waals surface area contributed by atoms with Crippen LogP contribution in [0, 0.1) is 41.5 Å². The maximum absolute atomic E-state index is 4.78. The summed E-state index contributed by atoms with van der Waals surface area (Å²) in [7, 11) is 0. The molecule has 0 amide bonds. The molecule has 2 aromatic heterocycles. The monoisotopic (exact) mass is 723 g/mol. The summed E-state index contributed by atoms with van der Waals surface area (Å²) >= 11 is 0. The Morgan fingerprint density at radius 2 is 0.750 bits per heavy atom. The Kier molecular flexibility index (Phi) is 10.2. The van der Waals surface area contributed by atoms with Gasteiger partial charge < -0.3 is 4.90 Å². The van der Waals surface area contributed by atoms with Gasteiger partial charge in [-0.2, -0.15) is 0 Å². The lowest BCUT2D eigenvalue weighted by Crippen LogP contribution is -2.55. The third-order valence-corrected chi connectivity index (χ3v) is 10.9. The van der Waals surface area contributed by atoms with Crippen LogP contribution in [0.5, 0.6) is 0 Å². The first kappa shape index (κ1) is 36.5. The van der Waals surface area contributed by atoms with Crippen LogP contribution in [0.3, 0.4) is 0 Å². The summed E-state index contributed by atoms with van der Waals surface area (Å²) in [5.74, 6) is 0. The van der Waals surface area contributed by atoms with Crippen LogP contribution in [0.15, 0.2) is 170 Å². The molecule has 8 rings (SSSR count). The van der Waals surface area contributed by atoms with Crippen molar-refractivity contribution in [1.82, 2.24) is 9.97 Å². The van der Waals surface area contributed by atoms with Gasteiger partial charge in [-0.1, -0.05) is 147 Å². The number of aryl methyl sites for hydroxylation is 6. The molecule has 272 valence electrons. The summed E-state index contributed by atoms with van der Waals surface area (Å²) in [6, 6.07) is 56.6. The number of rotatable bonds is 9. The second-order valence-corrected chi connectivity index (χ2v) is 15.1. The van der Waals surface area contributed by atoms with Crippen molar-refractivity contribution in [3.8, 4) is 33.6 Å². The van der Waals surface area contributed by atoms with Crippen LogP contribution in [0.2, 0.25) is 0 Å². The smallest absolute Gasteiger partial charge is 0.242 e. The fourth-order valence-electron chi connectivity index (χ4n) is 8.54. The van der Waals surface area contributed by atoms with Gasteiger partial charge in [0.15, 0.2) is 0 Å². The molecule has 0 saturated heterocycles. The number of pyridine rings is 2. The van der Waals surface area contributed by atoms with Crippen LogP contribution in [0.1, 0.15) is 33.4 Å². The third kappa shape index (κ3) is 7.43. The molecule has 0 atom stereocenters. The molecule has 0 spiro atoms. The Morgan fingerprint density at radius 3 is 1.16 bits per heavy atom. The van der Waals surface area contributed by atoms with E-state index in [1.807, 2.05) is 12.4 Å². The first-order valence-electron chi connectivity index (χ1n) is 19.4. The minimum absolute atomic E-state index is 0.138. The van der Waals surface area contributed by atoms with Crippen LogP contribution < -0.4 is 21.3 Å². The van der Waals surface area contributed by atoms with Crippen molar-refractivity contribution in [3.05, 3.63) is 203 Å². The van der Waals surface area contributed by atoms with Crippen molar-refractivity contribution in [1.29, 1.82) is 0 Å². The molecule has 56 heavy (non-hydrogen) atoms. The van der Waals surface area contributed by atoms with E-state index < -0.39 is 0 Å². The van der Waals surface area contributed by atoms with E-state index in [1.165, 1.54) is 49.8 Å². The number of aromatic nitrogens is 2. The first-order chi connectivity index (χ1) is 27.2. The molecular formula is C52H46BN3. The Hall–Kier alpha value is -6.52. The summed E-state index contributed by atoms with van der Waals surface area (Å²) in [5.41, 5.74) is 21.5. The number of benzene rings is 6. The van der Waals surface area contributed by atoms with Crippen LogP contribution in [-0.2, 0) is 0 Å². The van der Waals surface area contributed by atoms with Crippen molar-refractivity contribution in [2.45, 2.75) is 41.5 Å². The van der Waals surface area contributed by atoms with Crippen molar-refractivity contribution in [3.63, 3.8) is 0 Å². The van der Waals surface area contributed by atoms with Crippen LogP contribution in [-0.4, -0.2) is 16.7 Å². The average molecular weight is 724 g/mol. The maximum atomic E-state index is 4.78. The molecule has 0 N–H and O–H groups in total. The van der Waals surface area contributed by atoms with E-state index in [1.54, 1.807) is 0 Å². The highest BCUT2D eigenvalue weighted by atomic mass is 15.1. The summed E-state index contributed by atoms with van der Waals surface area (Å²) in [5, 5.41) is 0. The van der Waals surface area contributed by atoms with Gasteiger partial charge in [0.05, 0.1) is 11.4 Å². The fourth-order valence-corrected chi connectivity index (χ4v) is 8.54. The number of nitrogens with zero attached hydrogens (tertiary/aromatic N) is 3. The largest absolute Gasteiger partial charge is 0.311 e. The molecular weight excluding hydrogens is 677 g/mol. The van der Waals surface area contributed by atoms with Crippen molar-refractivity contribution >= 4 is 40.2 Å². The molecule has 0 bridgehead atoms. The number of hydrogen-bond donors (Lipinski definition) is 0. The molecule has 0 unspecified atom stereocenters. The predicted molar refractivity (Wildman–Crippen MR) is 239 cm³/mol. The van der Waals surface area contributed by atoms with Gasteiger partial charge in [-0.25, -0.2) is 0 Å². The molecule has 0 aliphatic carbocycles. The minimum atomic E-state index is 0.138. The van der Waals surface area contributed by atoms with Gasteiger partial charge in [0.2, 0.25) is 6.71 Å². The lowest BCUT2D eigenvalue weighted by Gasteiger charge is -2.25. The van der Waals surface area contributed by atoms with E-state index in [9.17, 15) is 0 Å². The van der Waals surface area contributed by atoms with Crippen LogP contribution in [0.4, 0.5) is 17.1 Å². The van der Waals surface area contributed by atoms with Gasteiger partial charge in [0.25, 0.3) is 0 Å². The summed E-state index contributed by atoms with van der Waals surface area (Å²) in [4.78, 5) is 11.8. The van der Waals surface area contributed by atoms with Gasteiger partial charge in [0, 0.05) is 29.5 Å². The van der Waals surface area contributed by atoms with E-state index in [-0.39, 0.29) is 6.71 Å². The average Bonchev–Trinajstić information content (AvgIpc) is 3.21. The summed E-state index contributed by atoms with van der Waals surface area (Å²) in [6.45, 7) is 13.6. The lowest BCUT2D eigenvalue weighted by atomic mass is 9.34. The Bertz CT molecular complexity index is 2490. The highest BCUT2D eigenvalue weighted by molar-refractivity contribution is 6.96. The first-order valence-corrected chi connectivity index (χ1v) is 19.4. The highest BCUT2D eigenvalue weighted by Gasteiger charge is 2.28. The molecule has 6 aromatic carbocycles. The van der Waals surface area contributed by atoms with Crippen LogP contribution >= 0.6 is 0 Å². The zero-order valence-electron chi connectivity index (χ0n) is 33.1. The Balaban J connectivity index is 1.09. The second-order valence-electron chi connectivity index (χ2n) is 15.1. The highest BCUT2D eigenvalue weighted by Crippen LogP contribution is 2.35. The van der Waals surface area contributed by atoms with Gasteiger partial charge in [0.1, 0.15) is 0 Å². The topological polar surface area (TPSA) is 29.0 Å². The van der Waals surface area contributed by atoms with E-state index in [0.29, 0.717) is 0 Å². The quantitative estimate of drug-likeness (QED) is 0.139. The molecule has 2 heterocycles. The lowest BCUT2D eigenvalue weighted by molar-refractivity contribution is 1.25. The fraction of sp³-hybridized carbons (Fsp3) is 0.115. The molecule has 3 nitrogen and oxygen atoms in total. The van der Waals surface area contributed by atoms with E-state index in [0.717, 1.165) is 50.7 Å². The van der Waals surface area contributed by atoms with Crippen molar-refractivity contribution < 1.29 is 0 Å². The van der Waals surface area contributed by atoms with Crippen LogP contribution in [0.25, 0.3) is 33.6 Å². The van der Waals surface area contributed by atoms with Gasteiger partial charge in [-0.3, -0.25) is 9.97 Å². The van der Waals surface area contributed by atoms with Crippen molar-refractivity contribution in [2.75, 3.05) is 4.90 Å². The zero-order valence-corrected chi connectivity index (χ0v) is 33.1. The molecule has 0 saturated carbocycles. The van der Waals surface area contributed by atoms with Gasteiger partial charge >= 0.3 is 0 Å². The zero-order chi connectivity index (χ0) is 38.8. The molecule has 8 aromatic rings. The number of anilines is 3. The summed E-state index contributed by atoms with van der Waals surface area (Å²) in [6.07, 6.45) is 3.77. The molecule has 0 radical (unpaired) electrons. The molecule has 0 aliphatic heterocycles. The molecule has 0 fully saturated rings. The van der Waals surface area contributed by atoms with E-state index in [2.05, 4.69) is 204 Å². The maximum Gasteiger partial charge on any atom is 0.242 e. The Labute approximate surface area is 332 Å². The third-order valence-electron chi connectivity index (χ3n) is 10.9. The van der Waals surface area contributed by atoms with E-state index >= 15 is 0 Å². The number of hydrogen-bond acceptors (Lipinski definition) is 3. The van der Waals surface area contributed by atoms with Gasteiger partial charge in [-0.15, -0.1) is 0 Å². The molecule has 4 heteroatoms. The second kappa shape index (κ2) is 15.7. The van der Waals surface area contributed by atoms with Crippen molar-refractivity contribution in [2.24, 2.45) is 0 Å². The van der Waals surface area contributed by atoms with E-state index in [4.69, 9.17) is 9.97 Å². The normalized spacial score (nSPS) is 11.0.